The van der Waals surface area contributed by atoms with Crippen LogP contribution in [0.2, 0.25) is 0 Å². The second kappa shape index (κ2) is 6.74. The zero-order chi connectivity index (χ0) is 11.3. The number of thioether (sulfide) groups is 1. The van der Waals surface area contributed by atoms with E-state index in [1.807, 2.05) is 11.8 Å². The van der Waals surface area contributed by atoms with Crippen molar-refractivity contribution in [3.63, 3.8) is 0 Å². The highest BCUT2D eigenvalue weighted by Gasteiger charge is 2.29. The fourth-order valence-corrected chi connectivity index (χ4v) is 2.82. The van der Waals surface area contributed by atoms with Crippen molar-refractivity contribution in [2.45, 2.75) is 31.2 Å². The smallest absolute Gasteiger partial charge is 0.0596 e. The zero-order valence-corrected chi connectivity index (χ0v) is 11.1. The van der Waals surface area contributed by atoms with Crippen LogP contribution in [0.25, 0.3) is 0 Å². The number of hydrogen-bond donors (Lipinski definition) is 1. The lowest BCUT2D eigenvalue weighted by Gasteiger charge is -2.28. The predicted octanol–water partition coefficient (Wildman–Crippen LogP) is 1.05. The summed E-state index contributed by atoms with van der Waals surface area (Å²) in [7, 11) is 2.20. The summed E-state index contributed by atoms with van der Waals surface area (Å²) in [6.45, 7) is 8.29. The van der Waals surface area contributed by atoms with Crippen LogP contribution in [0.4, 0.5) is 0 Å². The number of nitrogens with one attached hydrogen (secondary N) is 1. The van der Waals surface area contributed by atoms with Crippen molar-refractivity contribution in [2.75, 3.05) is 39.5 Å². The Morgan fingerprint density at radius 2 is 2.20 bits per heavy atom. The molecule has 2 unspecified atom stereocenters. The molecule has 0 bridgehead atoms. The predicted molar refractivity (Wildman–Crippen MR) is 67.7 cm³/mol. The number of ether oxygens (including phenoxy) is 1. The van der Waals surface area contributed by atoms with E-state index in [1.165, 1.54) is 0 Å². The van der Waals surface area contributed by atoms with Crippen LogP contribution in [0.15, 0.2) is 0 Å². The lowest BCUT2D eigenvalue weighted by atomic mass is 10.2. The van der Waals surface area contributed by atoms with Crippen molar-refractivity contribution in [1.29, 1.82) is 0 Å². The molecule has 0 radical (unpaired) electrons. The molecule has 1 aliphatic rings. The Hall–Kier alpha value is 0.230. The van der Waals surface area contributed by atoms with Crippen LogP contribution in [-0.2, 0) is 4.74 Å². The molecule has 0 aromatic rings. The summed E-state index contributed by atoms with van der Waals surface area (Å²) in [4.78, 5) is 2.42. The molecule has 0 spiro atoms. The lowest BCUT2D eigenvalue weighted by molar-refractivity contribution is 0.0579. The van der Waals surface area contributed by atoms with Crippen molar-refractivity contribution in [3.05, 3.63) is 0 Å². The highest BCUT2D eigenvalue weighted by Crippen LogP contribution is 2.18. The summed E-state index contributed by atoms with van der Waals surface area (Å²) in [5.41, 5.74) is 0. The van der Waals surface area contributed by atoms with E-state index >= 15 is 0 Å². The van der Waals surface area contributed by atoms with Crippen molar-refractivity contribution in [1.82, 2.24) is 10.2 Å². The van der Waals surface area contributed by atoms with Gasteiger partial charge < -0.3 is 10.1 Å². The largest absolute Gasteiger partial charge is 0.377 e. The molecule has 0 amide bonds. The van der Waals surface area contributed by atoms with E-state index in [0.29, 0.717) is 12.1 Å². The van der Waals surface area contributed by atoms with E-state index in [1.54, 1.807) is 0 Å². The molecule has 90 valence electrons. The van der Waals surface area contributed by atoms with Gasteiger partial charge in [0.2, 0.25) is 0 Å². The molecule has 1 N–H and O–H groups in total. The summed E-state index contributed by atoms with van der Waals surface area (Å²) >= 11 is 1.96. The van der Waals surface area contributed by atoms with Crippen molar-refractivity contribution in [3.8, 4) is 0 Å². The minimum Gasteiger partial charge on any atom is -0.377 e. The molecule has 4 heteroatoms. The summed E-state index contributed by atoms with van der Waals surface area (Å²) in [6, 6.07) is 0.663. The summed E-state index contributed by atoms with van der Waals surface area (Å²) in [5, 5.41) is 4.18. The minimum absolute atomic E-state index is 0.344. The first kappa shape index (κ1) is 13.3. The summed E-state index contributed by atoms with van der Waals surface area (Å²) in [5.74, 6) is 0. The molecule has 15 heavy (non-hydrogen) atoms. The molecule has 2 atom stereocenters. The topological polar surface area (TPSA) is 24.5 Å². The van der Waals surface area contributed by atoms with Gasteiger partial charge in [-0.25, -0.2) is 0 Å². The normalized spacial score (nSPS) is 26.8. The van der Waals surface area contributed by atoms with E-state index in [2.05, 4.69) is 37.4 Å². The van der Waals surface area contributed by atoms with Crippen molar-refractivity contribution < 1.29 is 4.74 Å². The monoisotopic (exact) mass is 232 g/mol. The highest BCUT2D eigenvalue weighted by atomic mass is 32.2. The maximum absolute atomic E-state index is 5.57. The molecule has 0 aliphatic carbocycles. The molecule has 1 saturated heterocycles. The van der Waals surface area contributed by atoms with Crippen molar-refractivity contribution in [2.24, 2.45) is 0 Å². The van der Waals surface area contributed by atoms with Crippen LogP contribution < -0.4 is 5.32 Å². The third kappa shape index (κ3) is 4.31. The zero-order valence-electron chi connectivity index (χ0n) is 10.3. The van der Waals surface area contributed by atoms with Crippen LogP contribution in [-0.4, -0.2) is 61.8 Å². The number of rotatable bonds is 6. The molecule has 3 nitrogen and oxygen atoms in total. The average molecular weight is 232 g/mol. The van der Waals surface area contributed by atoms with Gasteiger partial charge in [0.25, 0.3) is 0 Å². The van der Waals surface area contributed by atoms with Gasteiger partial charge in [0, 0.05) is 30.9 Å². The first-order valence-electron chi connectivity index (χ1n) is 5.70. The van der Waals surface area contributed by atoms with E-state index in [4.69, 9.17) is 4.74 Å². The van der Waals surface area contributed by atoms with Gasteiger partial charge in [0.15, 0.2) is 0 Å². The maximum Gasteiger partial charge on any atom is 0.0596 e. The van der Waals surface area contributed by atoms with E-state index in [9.17, 15) is 0 Å². The van der Waals surface area contributed by atoms with Gasteiger partial charge >= 0.3 is 0 Å². The molecule has 0 saturated carbocycles. The third-order valence-electron chi connectivity index (χ3n) is 2.89. The standard InChI is InChI=1S/C11H24N2OS/c1-9(2)14-6-5-13(3)10-7-12-8-11(10)15-4/h9-12H,5-8H2,1-4H3. The fraction of sp³-hybridized carbons (Fsp3) is 1.00. The molecule has 0 aromatic heterocycles. The van der Waals surface area contributed by atoms with Crippen molar-refractivity contribution >= 4 is 11.8 Å². The molecule has 1 heterocycles. The molecular weight excluding hydrogens is 208 g/mol. The maximum atomic E-state index is 5.57. The van der Waals surface area contributed by atoms with Gasteiger partial charge in [0.05, 0.1) is 12.7 Å². The lowest BCUT2D eigenvalue weighted by Crippen LogP contribution is -2.41. The Bertz CT molecular complexity index is 178. The second-order valence-electron chi connectivity index (χ2n) is 4.40. The van der Waals surface area contributed by atoms with Gasteiger partial charge in [-0.2, -0.15) is 11.8 Å². The van der Waals surface area contributed by atoms with Crippen LogP contribution in [0.1, 0.15) is 13.8 Å². The molecule has 1 fully saturated rings. The average Bonchev–Trinajstić information content (AvgIpc) is 2.64. The van der Waals surface area contributed by atoms with E-state index in [-0.39, 0.29) is 0 Å². The van der Waals surface area contributed by atoms with Gasteiger partial charge in [-0.3, -0.25) is 4.90 Å². The van der Waals surface area contributed by atoms with Gasteiger partial charge in [-0.15, -0.1) is 0 Å². The van der Waals surface area contributed by atoms with Crippen LogP contribution in [0, 0.1) is 0 Å². The second-order valence-corrected chi connectivity index (χ2v) is 5.48. The fourth-order valence-electron chi connectivity index (χ4n) is 1.92. The third-order valence-corrected chi connectivity index (χ3v) is 3.98. The number of hydrogen-bond acceptors (Lipinski definition) is 4. The summed E-state index contributed by atoms with van der Waals surface area (Å²) in [6.07, 6.45) is 2.54. The van der Waals surface area contributed by atoms with Gasteiger partial charge in [0.1, 0.15) is 0 Å². The Morgan fingerprint density at radius 1 is 1.47 bits per heavy atom. The first-order chi connectivity index (χ1) is 7.15. The Labute approximate surface area is 97.9 Å². The van der Waals surface area contributed by atoms with Crippen LogP contribution in [0.3, 0.4) is 0 Å². The first-order valence-corrected chi connectivity index (χ1v) is 6.99. The quantitative estimate of drug-likeness (QED) is 0.740. The van der Waals surface area contributed by atoms with E-state index < -0.39 is 0 Å². The Kier molecular flexibility index (Phi) is 5.97. The number of nitrogens with zero attached hydrogens (tertiary/aromatic N) is 1. The molecule has 0 aromatic carbocycles. The van der Waals surface area contributed by atoms with Crippen LogP contribution in [0.5, 0.6) is 0 Å². The van der Waals surface area contributed by atoms with Gasteiger partial charge in [-0.05, 0) is 27.2 Å². The van der Waals surface area contributed by atoms with Crippen LogP contribution >= 0.6 is 11.8 Å². The SMILES string of the molecule is CSC1CNCC1N(C)CCOC(C)C. The Morgan fingerprint density at radius 3 is 2.80 bits per heavy atom. The van der Waals surface area contributed by atoms with Gasteiger partial charge in [-0.1, -0.05) is 0 Å². The number of likely N-dealkylation sites (N-methyl/N-ethyl adjacent to an activating group) is 1. The Balaban J connectivity index is 2.23. The molecular formula is C11H24N2OS. The summed E-state index contributed by atoms with van der Waals surface area (Å²) < 4.78 is 5.57. The highest BCUT2D eigenvalue weighted by molar-refractivity contribution is 7.99. The minimum atomic E-state index is 0.344. The van der Waals surface area contributed by atoms with E-state index in [0.717, 1.165) is 31.5 Å². The molecule has 1 rings (SSSR count). The molecule has 1 aliphatic heterocycles.